The van der Waals surface area contributed by atoms with Gasteiger partial charge in [0.25, 0.3) is 0 Å². The van der Waals surface area contributed by atoms with E-state index in [4.69, 9.17) is 0 Å². The monoisotopic (exact) mass is 316 g/mol. The summed E-state index contributed by atoms with van der Waals surface area (Å²) in [5.41, 5.74) is 1.29. The summed E-state index contributed by atoms with van der Waals surface area (Å²) in [4.78, 5) is 20.6. The van der Waals surface area contributed by atoms with Gasteiger partial charge in [-0.15, -0.1) is 11.8 Å². The van der Waals surface area contributed by atoms with Crippen molar-refractivity contribution in [2.45, 2.75) is 35.5 Å². The average molecular weight is 316 g/mol. The van der Waals surface area contributed by atoms with E-state index in [0.717, 1.165) is 16.9 Å². The maximum absolute atomic E-state index is 11.9. The summed E-state index contributed by atoms with van der Waals surface area (Å²) in [6.45, 7) is 0. The van der Waals surface area contributed by atoms with Gasteiger partial charge in [0, 0.05) is 28.4 Å². The highest BCUT2D eigenvalue weighted by molar-refractivity contribution is 8.00. The second kappa shape index (κ2) is 4.46. The Morgan fingerprint density at radius 1 is 1.29 bits per heavy atom. The zero-order valence-corrected chi connectivity index (χ0v) is 13.1. The number of aromatic amines is 1. The molecule has 1 aliphatic heterocycles. The molecule has 108 valence electrons. The van der Waals surface area contributed by atoms with Crippen LogP contribution >= 0.6 is 23.1 Å². The smallest absolute Gasteiger partial charge is 0.305 e. The second-order valence-corrected chi connectivity index (χ2v) is 8.67. The van der Waals surface area contributed by atoms with E-state index < -0.39 is 0 Å². The lowest BCUT2D eigenvalue weighted by atomic mass is 9.75. The molecule has 5 rings (SSSR count). The lowest BCUT2D eigenvalue weighted by Crippen LogP contribution is -2.33. The molecule has 0 radical (unpaired) electrons. The minimum atomic E-state index is 0.0914. The predicted molar refractivity (Wildman–Crippen MR) is 85.0 cm³/mol. The lowest BCUT2D eigenvalue weighted by Gasteiger charge is -2.40. The Morgan fingerprint density at radius 2 is 2.19 bits per heavy atom. The molecule has 2 bridgehead atoms. The number of nitrogens with one attached hydrogen (secondary N) is 1. The van der Waals surface area contributed by atoms with E-state index >= 15 is 0 Å². The number of pyridine rings is 1. The van der Waals surface area contributed by atoms with Crippen LogP contribution in [0.2, 0.25) is 0 Å². The first kappa shape index (κ1) is 12.5. The van der Waals surface area contributed by atoms with Crippen molar-refractivity contribution in [2.24, 2.45) is 17.8 Å². The zero-order chi connectivity index (χ0) is 14.0. The molecule has 0 aromatic carbocycles. The van der Waals surface area contributed by atoms with Crippen LogP contribution in [0.25, 0.3) is 0 Å². The normalized spacial score (nSPS) is 36.5. The predicted octanol–water partition coefficient (Wildman–Crippen LogP) is 3.48. The topological polar surface area (TPSA) is 45.8 Å². The van der Waals surface area contributed by atoms with Crippen LogP contribution in [0.1, 0.15) is 35.6 Å². The third-order valence-corrected chi connectivity index (χ3v) is 8.13. The molecule has 21 heavy (non-hydrogen) atoms. The fourth-order valence-corrected chi connectivity index (χ4v) is 7.68. The Labute approximate surface area is 131 Å². The maximum Gasteiger partial charge on any atom is 0.305 e. The quantitative estimate of drug-likeness (QED) is 0.876. The summed E-state index contributed by atoms with van der Waals surface area (Å²) in [6.07, 6.45) is 7.97. The average Bonchev–Trinajstić information content (AvgIpc) is 3.18. The summed E-state index contributed by atoms with van der Waals surface area (Å²) in [5.74, 6) is 2.75. The summed E-state index contributed by atoms with van der Waals surface area (Å²) in [7, 11) is 0. The van der Waals surface area contributed by atoms with Gasteiger partial charge in [-0.3, -0.25) is 9.78 Å². The molecule has 1 unspecified atom stereocenters. The van der Waals surface area contributed by atoms with Gasteiger partial charge >= 0.3 is 4.87 Å². The van der Waals surface area contributed by atoms with Gasteiger partial charge in [-0.2, -0.15) is 0 Å². The summed E-state index contributed by atoms with van der Waals surface area (Å²) < 4.78 is 0. The maximum atomic E-state index is 11.9. The first-order valence-electron chi connectivity index (χ1n) is 7.61. The molecule has 2 aliphatic carbocycles. The van der Waals surface area contributed by atoms with Gasteiger partial charge in [0.05, 0.1) is 5.03 Å². The number of rotatable bonds is 1. The van der Waals surface area contributed by atoms with Crippen molar-refractivity contribution in [1.29, 1.82) is 0 Å². The summed E-state index contributed by atoms with van der Waals surface area (Å²) in [6, 6.07) is 4.21. The highest BCUT2D eigenvalue weighted by Gasteiger charge is 2.54. The van der Waals surface area contributed by atoms with Crippen LogP contribution in [0.4, 0.5) is 0 Å². The number of aromatic nitrogens is 2. The molecule has 2 aromatic rings. The van der Waals surface area contributed by atoms with E-state index in [2.05, 4.69) is 16.0 Å². The van der Waals surface area contributed by atoms with Crippen LogP contribution in [0.15, 0.2) is 34.3 Å². The minimum absolute atomic E-state index is 0.0914. The van der Waals surface area contributed by atoms with Gasteiger partial charge in [0.1, 0.15) is 0 Å². The molecule has 2 fully saturated rings. The largest absolute Gasteiger partial charge is 0.307 e. The zero-order valence-electron chi connectivity index (χ0n) is 11.5. The Bertz CT molecular complexity index is 738. The molecule has 3 nitrogen and oxygen atoms in total. The molecule has 0 saturated heterocycles. The molecule has 2 saturated carbocycles. The van der Waals surface area contributed by atoms with E-state index in [-0.39, 0.29) is 4.87 Å². The minimum Gasteiger partial charge on any atom is -0.307 e. The number of thioether (sulfide) groups is 1. The molecule has 5 heteroatoms. The molecule has 0 amide bonds. The molecule has 3 aliphatic rings. The molecule has 3 heterocycles. The van der Waals surface area contributed by atoms with Gasteiger partial charge < -0.3 is 4.98 Å². The number of fused-ring (bicyclic) bond motifs is 6. The van der Waals surface area contributed by atoms with Gasteiger partial charge in [-0.05, 0) is 48.6 Å². The summed E-state index contributed by atoms with van der Waals surface area (Å²) in [5, 5.41) is 1.82. The Morgan fingerprint density at radius 3 is 3.05 bits per heavy atom. The van der Waals surface area contributed by atoms with Crippen molar-refractivity contribution in [2.75, 3.05) is 0 Å². The van der Waals surface area contributed by atoms with E-state index in [9.17, 15) is 4.79 Å². The van der Waals surface area contributed by atoms with Gasteiger partial charge in [-0.1, -0.05) is 17.4 Å². The standard InChI is InChI=1S/C16H16N2OS2/c19-16-18-15-14(21-16)12(10-2-1-5-17-7-10)11-8-3-4-9(6-8)13(11)20-15/h1-2,5,7-9,11-13H,3-4,6H2,(H,18,19)/t8?,9-,11+,12+,13+/m0/s1. The number of nitrogens with zero attached hydrogens (tertiary/aromatic N) is 1. The number of hydrogen-bond acceptors (Lipinski definition) is 4. The van der Waals surface area contributed by atoms with Crippen LogP contribution in [-0.2, 0) is 0 Å². The second-order valence-electron chi connectivity index (χ2n) is 6.46. The van der Waals surface area contributed by atoms with Gasteiger partial charge in [0.15, 0.2) is 0 Å². The molecular formula is C16H16N2OS2. The Balaban J connectivity index is 1.70. The SMILES string of the molecule is O=c1[nH]c2c(s1)[C@H](c1cccnc1)[C@H]1C3CC[C@@H](C3)[C@H]1S2. The molecule has 0 spiro atoms. The van der Waals surface area contributed by atoms with E-state index in [1.165, 1.54) is 41.0 Å². The van der Waals surface area contributed by atoms with Crippen molar-refractivity contribution >= 4 is 23.1 Å². The van der Waals surface area contributed by atoms with Crippen molar-refractivity contribution in [3.8, 4) is 0 Å². The van der Waals surface area contributed by atoms with Crippen LogP contribution in [0.5, 0.6) is 0 Å². The van der Waals surface area contributed by atoms with Crippen molar-refractivity contribution in [3.63, 3.8) is 0 Å². The number of thiazole rings is 1. The van der Waals surface area contributed by atoms with Crippen LogP contribution in [0, 0.1) is 17.8 Å². The highest BCUT2D eigenvalue weighted by atomic mass is 32.2. The van der Waals surface area contributed by atoms with Crippen LogP contribution in [0.3, 0.4) is 0 Å². The van der Waals surface area contributed by atoms with E-state index in [1.807, 2.05) is 30.2 Å². The Hall–Kier alpha value is -1.07. The molecule has 5 atom stereocenters. The molecule has 2 aromatic heterocycles. The molecule has 1 N–H and O–H groups in total. The first-order valence-corrected chi connectivity index (χ1v) is 9.30. The lowest BCUT2D eigenvalue weighted by molar-refractivity contribution is 0.307. The van der Waals surface area contributed by atoms with Crippen molar-refractivity contribution in [1.82, 2.24) is 9.97 Å². The fraction of sp³-hybridized carbons (Fsp3) is 0.500. The van der Waals surface area contributed by atoms with Crippen molar-refractivity contribution in [3.05, 3.63) is 44.6 Å². The summed E-state index contributed by atoms with van der Waals surface area (Å²) >= 11 is 3.35. The van der Waals surface area contributed by atoms with Crippen molar-refractivity contribution < 1.29 is 0 Å². The number of H-pyrrole nitrogens is 1. The third kappa shape index (κ3) is 1.73. The number of hydrogen-bond donors (Lipinski definition) is 1. The Kier molecular flexibility index (Phi) is 2.65. The first-order chi connectivity index (χ1) is 10.3. The fourth-order valence-electron chi connectivity index (χ4n) is 4.78. The van der Waals surface area contributed by atoms with Crippen LogP contribution < -0.4 is 4.87 Å². The molecular weight excluding hydrogens is 300 g/mol. The van der Waals surface area contributed by atoms with Gasteiger partial charge in [-0.25, -0.2) is 0 Å². The van der Waals surface area contributed by atoms with E-state index in [1.54, 1.807) is 0 Å². The van der Waals surface area contributed by atoms with Gasteiger partial charge in [0.2, 0.25) is 0 Å². The van der Waals surface area contributed by atoms with E-state index in [0.29, 0.717) is 17.1 Å². The highest BCUT2D eigenvalue weighted by Crippen LogP contribution is 2.63. The third-order valence-electron chi connectivity index (χ3n) is 5.51. The van der Waals surface area contributed by atoms with Crippen LogP contribution in [-0.4, -0.2) is 15.2 Å².